The highest BCUT2D eigenvalue weighted by Crippen LogP contribution is 2.29. The molecule has 2 rings (SSSR count). The predicted molar refractivity (Wildman–Crippen MR) is 95.8 cm³/mol. The van der Waals surface area contributed by atoms with Crippen LogP contribution >= 0.6 is 15.9 Å². The van der Waals surface area contributed by atoms with Gasteiger partial charge in [-0.3, -0.25) is 20.4 Å². The predicted octanol–water partition coefficient (Wildman–Crippen LogP) is 2.64. The zero-order valence-electron chi connectivity index (χ0n) is 13.3. The van der Waals surface area contributed by atoms with Gasteiger partial charge >= 0.3 is 0 Å². The van der Waals surface area contributed by atoms with Crippen LogP contribution in [0.5, 0.6) is 5.75 Å². The first-order valence-electron chi connectivity index (χ1n) is 7.25. The maximum absolute atomic E-state index is 12.1. The van der Waals surface area contributed by atoms with E-state index < -0.39 is 11.8 Å². The Morgan fingerprint density at radius 1 is 1.04 bits per heavy atom. The van der Waals surface area contributed by atoms with Gasteiger partial charge in [-0.05, 0) is 59.6 Å². The Morgan fingerprint density at radius 2 is 1.71 bits per heavy atom. The van der Waals surface area contributed by atoms with Gasteiger partial charge in [-0.25, -0.2) is 0 Å². The fraction of sp³-hybridized carbons (Fsp3) is 0.176. The van der Waals surface area contributed by atoms with Gasteiger partial charge in [0, 0.05) is 5.69 Å². The lowest BCUT2D eigenvalue weighted by Crippen LogP contribution is -2.44. The lowest BCUT2D eigenvalue weighted by Gasteiger charge is -2.11. The zero-order chi connectivity index (χ0) is 17.7. The van der Waals surface area contributed by atoms with Crippen LogP contribution in [-0.2, 0) is 4.79 Å². The van der Waals surface area contributed by atoms with Gasteiger partial charge in [-0.2, -0.15) is 0 Å². The summed E-state index contributed by atoms with van der Waals surface area (Å²) in [5.74, 6) is -1.18. The summed E-state index contributed by atoms with van der Waals surface area (Å²) >= 11 is 3.17. The normalized spacial score (nSPS) is 10.1. The molecule has 0 saturated carbocycles. The number of rotatable bonds is 4. The van der Waals surface area contributed by atoms with Crippen molar-refractivity contribution in [3.05, 3.63) is 57.6 Å². The van der Waals surface area contributed by atoms with Gasteiger partial charge in [-0.15, -0.1) is 0 Å². The van der Waals surface area contributed by atoms with Crippen LogP contribution in [0.2, 0.25) is 0 Å². The van der Waals surface area contributed by atoms with Gasteiger partial charge in [0.25, 0.3) is 11.8 Å². The Labute approximate surface area is 148 Å². The number of anilines is 1. The summed E-state index contributed by atoms with van der Waals surface area (Å²) in [5, 5.41) is 12.8. The molecule has 0 aliphatic rings. The number of carbonyl (C=O) groups excluding carboxylic acids is 2. The minimum atomic E-state index is -0.597. The minimum Gasteiger partial charge on any atom is -0.506 e. The minimum absolute atomic E-state index is 0.00678. The molecule has 4 N–H and O–H groups in total. The Kier molecular flexibility index (Phi) is 5.81. The molecule has 126 valence electrons. The largest absolute Gasteiger partial charge is 0.506 e. The van der Waals surface area contributed by atoms with E-state index >= 15 is 0 Å². The third kappa shape index (κ3) is 4.73. The molecule has 0 atom stereocenters. The van der Waals surface area contributed by atoms with Crippen molar-refractivity contribution < 1.29 is 14.7 Å². The monoisotopic (exact) mass is 391 g/mol. The van der Waals surface area contributed by atoms with Crippen molar-refractivity contribution in [3.8, 4) is 5.75 Å². The second kappa shape index (κ2) is 7.83. The number of carbonyl (C=O) groups is 2. The maximum atomic E-state index is 12.1. The summed E-state index contributed by atoms with van der Waals surface area (Å²) in [6.07, 6.45) is 0. The Bertz CT molecular complexity index is 760. The van der Waals surface area contributed by atoms with Crippen LogP contribution in [-0.4, -0.2) is 23.5 Å². The van der Waals surface area contributed by atoms with E-state index in [-0.39, 0.29) is 17.9 Å². The molecule has 2 aromatic rings. The van der Waals surface area contributed by atoms with E-state index in [1.165, 1.54) is 6.07 Å². The van der Waals surface area contributed by atoms with Gasteiger partial charge in [-0.1, -0.05) is 17.7 Å². The van der Waals surface area contributed by atoms with Gasteiger partial charge in [0.15, 0.2) is 0 Å². The number of phenols is 1. The molecular formula is C17H18BrN3O3. The van der Waals surface area contributed by atoms with Crippen molar-refractivity contribution in [1.29, 1.82) is 0 Å². The van der Waals surface area contributed by atoms with E-state index in [1.807, 2.05) is 31.2 Å². The van der Waals surface area contributed by atoms with Crippen LogP contribution < -0.4 is 16.2 Å². The molecule has 0 heterocycles. The van der Waals surface area contributed by atoms with Crippen LogP contribution in [0.3, 0.4) is 0 Å². The van der Waals surface area contributed by atoms with Crippen LogP contribution in [0.15, 0.2) is 40.9 Å². The quantitative estimate of drug-likeness (QED) is 0.603. The number of phenolic OH excluding ortho intramolecular Hbond substituents is 1. The molecule has 0 spiro atoms. The number of hydrogen-bond donors (Lipinski definition) is 4. The number of aromatic hydroxyl groups is 1. The Morgan fingerprint density at radius 3 is 2.38 bits per heavy atom. The third-order valence-electron chi connectivity index (χ3n) is 3.27. The van der Waals surface area contributed by atoms with Crippen molar-refractivity contribution in [2.75, 3.05) is 11.9 Å². The number of hydrazine groups is 1. The molecule has 0 fully saturated rings. The Hall–Kier alpha value is -2.54. The number of benzene rings is 2. The van der Waals surface area contributed by atoms with E-state index in [4.69, 9.17) is 0 Å². The second-order valence-electron chi connectivity index (χ2n) is 5.36. The summed E-state index contributed by atoms with van der Waals surface area (Å²) in [6, 6.07) is 10.8. The number of halogens is 1. The number of amides is 2. The average Bonchev–Trinajstić information content (AvgIpc) is 2.55. The number of nitrogens with one attached hydrogen (secondary N) is 3. The van der Waals surface area contributed by atoms with E-state index in [0.717, 1.165) is 16.8 Å². The molecule has 6 nitrogen and oxygen atoms in total. The standard InChI is InChI=1S/C17H18BrN3O3/c1-10-3-5-12(6-4-10)19-9-15(22)20-21-17(24)13-7-11(2)8-14(18)16(13)23/h3-8,19,23H,9H2,1-2H3,(H,20,22)(H,21,24). The van der Waals surface area contributed by atoms with Gasteiger partial charge in [0.05, 0.1) is 16.6 Å². The second-order valence-corrected chi connectivity index (χ2v) is 6.22. The highest BCUT2D eigenvalue weighted by molar-refractivity contribution is 9.10. The van der Waals surface area contributed by atoms with Gasteiger partial charge in [0.2, 0.25) is 0 Å². The Balaban J connectivity index is 1.87. The third-order valence-corrected chi connectivity index (χ3v) is 3.88. The fourth-order valence-corrected chi connectivity index (χ4v) is 2.57. The summed E-state index contributed by atoms with van der Waals surface area (Å²) < 4.78 is 0.417. The smallest absolute Gasteiger partial charge is 0.273 e. The zero-order valence-corrected chi connectivity index (χ0v) is 14.9. The molecule has 0 unspecified atom stereocenters. The molecule has 2 aromatic carbocycles. The van der Waals surface area contributed by atoms with E-state index in [0.29, 0.717) is 4.47 Å². The molecule has 0 aromatic heterocycles. The van der Waals surface area contributed by atoms with Crippen LogP contribution in [0, 0.1) is 13.8 Å². The molecule has 0 radical (unpaired) electrons. The van der Waals surface area contributed by atoms with E-state index in [9.17, 15) is 14.7 Å². The van der Waals surface area contributed by atoms with Crippen molar-refractivity contribution >= 4 is 33.4 Å². The number of hydrogen-bond acceptors (Lipinski definition) is 4. The van der Waals surface area contributed by atoms with Gasteiger partial charge < -0.3 is 10.4 Å². The molecule has 2 amide bonds. The molecule has 0 aliphatic heterocycles. The molecule has 0 saturated heterocycles. The maximum Gasteiger partial charge on any atom is 0.273 e. The molecule has 7 heteroatoms. The molecule has 24 heavy (non-hydrogen) atoms. The van der Waals surface area contributed by atoms with Crippen LogP contribution in [0.1, 0.15) is 21.5 Å². The first-order chi connectivity index (χ1) is 11.4. The summed E-state index contributed by atoms with van der Waals surface area (Å²) in [6.45, 7) is 3.78. The van der Waals surface area contributed by atoms with Crippen molar-refractivity contribution in [2.24, 2.45) is 0 Å². The van der Waals surface area contributed by atoms with E-state index in [2.05, 4.69) is 32.1 Å². The number of aryl methyl sites for hydroxylation is 2. The average molecular weight is 392 g/mol. The van der Waals surface area contributed by atoms with Gasteiger partial charge in [0.1, 0.15) is 5.75 Å². The van der Waals surface area contributed by atoms with Crippen molar-refractivity contribution in [1.82, 2.24) is 10.9 Å². The van der Waals surface area contributed by atoms with Crippen LogP contribution in [0.4, 0.5) is 5.69 Å². The van der Waals surface area contributed by atoms with E-state index in [1.54, 1.807) is 13.0 Å². The summed E-state index contributed by atoms with van der Waals surface area (Å²) in [7, 11) is 0. The first kappa shape index (κ1) is 17.8. The highest BCUT2D eigenvalue weighted by atomic mass is 79.9. The van der Waals surface area contributed by atoms with Crippen molar-refractivity contribution in [2.45, 2.75) is 13.8 Å². The lowest BCUT2D eigenvalue weighted by atomic mass is 10.1. The summed E-state index contributed by atoms with van der Waals surface area (Å²) in [5.41, 5.74) is 7.40. The van der Waals surface area contributed by atoms with Crippen LogP contribution in [0.25, 0.3) is 0 Å². The lowest BCUT2D eigenvalue weighted by molar-refractivity contribution is -0.120. The molecule has 0 aliphatic carbocycles. The van der Waals surface area contributed by atoms with Crippen molar-refractivity contribution in [3.63, 3.8) is 0 Å². The first-order valence-corrected chi connectivity index (χ1v) is 8.05. The highest BCUT2D eigenvalue weighted by Gasteiger charge is 2.15. The fourth-order valence-electron chi connectivity index (χ4n) is 2.00. The topological polar surface area (TPSA) is 90.5 Å². The summed E-state index contributed by atoms with van der Waals surface area (Å²) in [4.78, 5) is 23.8. The molecular weight excluding hydrogens is 374 g/mol. The molecule has 0 bridgehead atoms. The SMILES string of the molecule is Cc1ccc(NCC(=O)NNC(=O)c2cc(C)cc(Br)c2O)cc1.